The first-order valence-corrected chi connectivity index (χ1v) is 14.5. The van der Waals surface area contributed by atoms with Crippen LogP contribution in [0.15, 0.2) is 42.7 Å². The van der Waals surface area contributed by atoms with Gasteiger partial charge in [0.25, 0.3) is 5.82 Å². The number of aryl methyl sites for hydroxylation is 1. The van der Waals surface area contributed by atoms with Crippen molar-refractivity contribution in [1.82, 2.24) is 4.57 Å². The third-order valence-electron chi connectivity index (χ3n) is 7.02. The highest BCUT2D eigenvalue weighted by Crippen LogP contribution is 2.15. The van der Waals surface area contributed by atoms with E-state index in [1.165, 1.54) is 127 Å². The van der Waals surface area contributed by atoms with Gasteiger partial charge in [0.1, 0.15) is 18.1 Å². The summed E-state index contributed by atoms with van der Waals surface area (Å²) in [5.41, 5.74) is 1.28. The van der Waals surface area contributed by atoms with Gasteiger partial charge in [-0.3, -0.25) is 0 Å². The van der Waals surface area contributed by atoms with E-state index in [9.17, 15) is 0 Å². The summed E-state index contributed by atoms with van der Waals surface area (Å²) in [7, 11) is 0. The lowest BCUT2D eigenvalue weighted by Gasteiger charge is -2.05. The Balaban J connectivity index is 1.45. The van der Waals surface area contributed by atoms with Crippen LogP contribution in [0.2, 0.25) is 0 Å². The van der Waals surface area contributed by atoms with Crippen molar-refractivity contribution in [2.45, 2.75) is 142 Å². The number of unbranched alkanes of at least 4 members (excludes halogenated alkanes) is 16. The number of hydrogen-bond donors (Lipinski definition) is 0. The van der Waals surface area contributed by atoms with Gasteiger partial charge in [-0.25, -0.2) is 4.57 Å². The first-order chi connectivity index (χ1) is 16.4. The molecule has 2 aromatic rings. The molecule has 0 fully saturated rings. The Morgan fingerprint density at radius 3 is 1.55 bits per heavy atom. The Morgan fingerprint density at radius 2 is 1.06 bits per heavy atom. The van der Waals surface area contributed by atoms with Crippen LogP contribution in [0.3, 0.4) is 0 Å². The fraction of sp³-hybridized carbons (Fsp3) is 0.710. The van der Waals surface area contributed by atoms with E-state index in [1.54, 1.807) is 0 Å². The second-order valence-electron chi connectivity index (χ2n) is 10.0. The first kappa shape index (κ1) is 27.7. The lowest BCUT2D eigenvalue weighted by molar-refractivity contribution is -0.704. The Labute approximate surface area is 205 Å². The quantitative estimate of drug-likeness (QED) is 0.131. The highest BCUT2D eigenvalue weighted by Gasteiger charge is 2.17. The average molecular weight is 454 g/mol. The van der Waals surface area contributed by atoms with Crippen LogP contribution in [0.1, 0.15) is 135 Å². The number of aromatic nitrogens is 2. The zero-order valence-electron chi connectivity index (χ0n) is 22.1. The molecule has 1 heterocycles. The Bertz CT molecular complexity index is 688. The van der Waals surface area contributed by atoms with Gasteiger partial charge in [-0.05, 0) is 31.4 Å². The van der Waals surface area contributed by atoms with Crippen molar-refractivity contribution >= 4 is 0 Å². The maximum absolute atomic E-state index is 2.49. The van der Waals surface area contributed by atoms with Crippen LogP contribution in [-0.2, 0) is 13.0 Å². The zero-order valence-corrected chi connectivity index (χ0v) is 22.1. The average Bonchev–Trinajstić information content (AvgIpc) is 3.24. The minimum atomic E-state index is 1.14. The second-order valence-corrected chi connectivity index (χ2v) is 10.0. The molecule has 186 valence electrons. The molecule has 2 heteroatoms. The number of hydrogen-bond acceptors (Lipinski definition) is 0. The second kappa shape index (κ2) is 18.8. The van der Waals surface area contributed by atoms with Gasteiger partial charge in [-0.15, -0.1) is 0 Å². The number of nitrogens with zero attached hydrogens (tertiary/aromatic N) is 2. The van der Waals surface area contributed by atoms with Gasteiger partial charge in [0.2, 0.25) is 0 Å². The molecular formula is C31H53N2+. The summed E-state index contributed by atoms with van der Waals surface area (Å²) in [6.07, 6.45) is 31.2. The van der Waals surface area contributed by atoms with E-state index in [2.05, 4.69) is 65.7 Å². The summed E-state index contributed by atoms with van der Waals surface area (Å²) in [5, 5.41) is 0. The molecule has 1 aromatic heterocycles. The highest BCUT2D eigenvalue weighted by molar-refractivity contribution is 5.31. The van der Waals surface area contributed by atoms with Crippen molar-refractivity contribution in [1.29, 1.82) is 0 Å². The van der Waals surface area contributed by atoms with Crippen molar-refractivity contribution in [3.63, 3.8) is 0 Å². The van der Waals surface area contributed by atoms with E-state index in [-0.39, 0.29) is 0 Å². The van der Waals surface area contributed by atoms with Gasteiger partial charge < -0.3 is 0 Å². The predicted octanol–water partition coefficient (Wildman–Crippen LogP) is 9.37. The van der Waals surface area contributed by atoms with Gasteiger partial charge in [0, 0.05) is 6.42 Å². The van der Waals surface area contributed by atoms with Crippen molar-refractivity contribution in [3.8, 4) is 5.69 Å². The molecule has 0 saturated heterocycles. The minimum Gasteiger partial charge on any atom is -0.234 e. The molecule has 0 radical (unpaired) electrons. The predicted molar refractivity (Wildman–Crippen MR) is 144 cm³/mol. The molecule has 0 bridgehead atoms. The van der Waals surface area contributed by atoms with Crippen LogP contribution in [0.4, 0.5) is 0 Å². The van der Waals surface area contributed by atoms with E-state index in [0.29, 0.717) is 0 Å². The summed E-state index contributed by atoms with van der Waals surface area (Å²) < 4.78 is 4.86. The van der Waals surface area contributed by atoms with E-state index < -0.39 is 0 Å². The van der Waals surface area contributed by atoms with E-state index in [1.807, 2.05) is 0 Å². The van der Waals surface area contributed by atoms with Gasteiger partial charge in [0.05, 0.1) is 6.54 Å². The summed E-state index contributed by atoms with van der Waals surface area (Å²) >= 11 is 0. The van der Waals surface area contributed by atoms with Crippen LogP contribution < -0.4 is 4.57 Å². The van der Waals surface area contributed by atoms with E-state index in [0.717, 1.165) is 13.0 Å². The van der Waals surface area contributed by atoms with Gasteiger partial charge in [-0.1, -0.05) is 128 Å². The van der Waals surface area contributed by atoms with Crippen molar-refractivity contribution in [3.05, 3.63) is 48.5 Å². The van der Waals surface area contributed by atoms with Crippen LogP contribution in [0.25, 0.3) is 5.69 Å². The molecular weight excluding hydrogens is 400 g/mol. The van der Waals surface area contributed by atoms with Gasteiger partial charge >= 0.3 is 0 Å². The monoisotopic (exact) mass is 453 g/mol. The molecule has 1 aromatic carbocycles. The SMILES string of the molecule is CCCCCCCCCCCCCCCCCCC[n+]1ccn(-c2ccccc2)c1CCC. The third-order valence-corrected chi connectivity index (χ3v) is 7.02. The molecule has 2 rings (SSSR count). The summed E-state index contributed by atoms with van der Waals surface area (Å²) in [5.74, 6) is 1.44. The zero-order chi connectivity index (χ0) is 23.4. The Kier molecular flexibility index (Phi) is 15.8. The van der Waals surface area contributed by atoms with Crippen molar-refractivity contribution in [2.24, 2.45) is 0 Å². The molecule has 0 aliphatic heterocycles. The molecule has 0 spiro atoms. The normalized spacial score (nSPS) is 11.3. The van der Waals surface area contributed by atoms with Crippen LogP contribution >= 0.6 is 0 Å². The topological polar surface area (TPSA) is 8.81 Å². The molecule has 0 atom stereocenters. The Morgan fingerprint density at radius 1 is 0.576 bits per heavy atom. The maximum Gasteiger partial charge on any atom is 0.261 e. The van der Waals surface area contributed by atoms with E-state index >= 15 is 0 Å². The fourth-order valence-electron chi connectivity index (χ4n) is 4.98. The molecule has 2 nitrogen and oxygen atoms in total. The van der Waals surface area contributed by atoms with Crippen molar-refractivity contribution < 1.29 is 4.57 Å². The highest BCUT2D eigenvalue weighted by atomic mass is 15.1. The van der Waals surface area contributed by atoms with Crippen LogP contribution in [-0.4, -0.2) is 4.57 Å². The molecule has 0 saturated carbocycles. The number of benzene rings is 1. The largest absolute Gasteiger partial charge is 0.261 e. The number of imidazole rings is 1. The molecule has 0 amide bonds. The van der Waals surface area contributed by atoms with Gasteiger partial charge in [0.15, 0.2) is 0 Å². The maximum atomic E-state index is 2.49. The van der Waals surface area contributed by atoms with Crippen molar-refractivity contribution in [2.75, 3.05) is 0 Å². The first-order valence-electron chi connectivity index (χ1n) is 14.5. The number of rotatable bonds is 21. The summed E-state index contributed by atoms with van der Waals surface area (Å²) in [6.45, 7) is 5.74. The number of para-hydroxylation sites is 1. The lowest BCUT2D eigenvalue weighted by Crippen LogP contribution is -2.37. The summed E-state index contributed by atoms with van der Waals surface area (Å²) in [4.78, 5) is 0. The standard InChI is InChI=1S/C31H53N2/c1-3-5-6-7-8-9-10-11-12-13-14-15-16-17-18-19-23-27-32-28-29-33(31(32)24-4-2)30-25-21-20-22-26-30/h20-22,25-26,28-29H,3-19,23-24,27H2,1-2H3/q+1. The van der Waals surface area contributed by atoms with Crippen LogP contribution in [0.5, 0.6) is 0 Å². The molecule has 33 heavy (non-hydrogen) atoms. The Hall–Kier alpha value is -1.57. The minimum absolute atomic E-state index is 1.14. The van der Waals surface area contributed by atoms with E-state index in [4.69, 9.17) is 0 Å². The summed E-state index contributed by atoms with van der Waals surface area (Å²) in [6, 6.07) is 10.8. The smallest absolute Gasteiger partial charge is 0.234 e. The lowest BCUT2D eigenvalue weighted by atomic mass is 10.0. The third kappa shape index (κ3) is 11.9. The molecule has 0 N–H and O–H groups in total. The fourth-order valence-corrected chi connectivity index (χ4v) is 4.98. The van der Waals surface area contributed by atoms with Gasteiger partial charge in [-0.2, -0.15) is 4.57 Å². The molecule has 0 unspecified atom stereocenters. The molecule has 0 aliphatic carbocycles. The molecule has 0 aliphatic rings. The van der Waals surface area contributed by atoms with Crippen LogP contribution in [0, 0.1) is 0 Å².